The smallest absolute Gasteiger partial charge is 0.339 e. The Balaban J connectivity index is 2.67. The molecule has 0 radical (unpaired) electrons. The molecule has 0 fully saturated rings. The van der Waals surface area contributed by atoms with Crippen molar-refractivity contribution in [3.8, 4) is 5.75 Å². The maximum Gasteiger partial charge on any atom is 0.339 e. The molecule has 0 unspecified atom stereocenters. The van der Waals surface area contributed by atoms with Gasteiger partial charge in [0.2, 0.25) is 0 Å². The molecular formula is C19H22O3. The first-order valence-electron chi connectivity index (χ1n) is 7.41. The number of carboxylic acids is 1. The highest BCUT2D eigenvalue weighted by Crippen LogP contribution is 2.38. The number of hydrogen-bond donors (Lipinski definition) is 2. The summed E-state index contributed by atoms with van der Waals surface area (Å²) in [4.78, 5) is 11.5. The summed E-state index contributed by atoms with van der Waals surface area (Å²) in [6.45, 7) is 8.01. The maximum absolute atomic E-state index is 11.5. The van der Waals surface area contributed by atoms with E-state index in [1.165, 1.54) is 0 Å². The van der Waals surface area contributed by atoms with Crippen molar-refractivity contribution in [1.82, 2.24) is 0 Å². The molecule has 116 valence electrons. The third-order valence-corrected chi connectivity index (χ3v) is 4.21. The van der Waals surface area contributed by atoms with E-state index in [0.29, 0.717) is 5.56 Å². The van der Waals surface area contributed by atoms with Gasteiger partial charge < -0.3 is 10.2 Å². The lowest BCUT2D eigenvalue weighted by molar-refractivity contribution is 0.0693. The Morgan fingerprint density at radius 1 is 1.05 bits per heavy atom. The zero-order valence-corrected chi connectivity index (χ0v) is 13.4. The van der Waals surface area contributed by atoms with Crippen molar-refractivity contribution in [1.29, 1.82) is 0 Å². The molecule has 0 spiro atoms. The number of carbonyl (C=O) groups is 1. The van der Waals surface area contributed by atoms with Crippen molar-refractivity contribution >= 4 is 5.97 Å². The van der Waals surface area contributed by atoms with Crippen LogP contribution < -0.4 is 0 Å². The lowest BCUT2D eigenvalue weighted by atomic mass is 9.76. The number of aromatic carboxylic acids is 1. The van der Waals surface area contributed by atoms with E-state index >= 15 is 0 Å². The lowest BCUT2D eigenvalue weighted by Crippen LogP contribution is -2.20. The van der Waals surface area contributed by atoms with Crippen molar-refractivity contribution in [2.75, 3.05) is 0 Å². The lowest BCUT2D eigenvalue weighted by Gasteiger charge is -2.28. The molecule has 0 saturated heterocycles. The van der Waals surface area contributed by atoms with E-state index in [9.17, 15) is 15.0 Å². The predicted molar refractivity (Wildman–Crippen MR) is 87.7 cm³/mol. The van der Waals surface area contributed by atoms with Gasteiger partial charge in [0.25, 0.3) is 0 Å². The van der Waals surface area contributed by atoms with Gasteiger partial charge in [-0.2, -0.15) is 0 Å². The number of rotatable bonds is 4. The number of benzene rings is 2. The molecule has 22 heavy (non-hydrogen) atoms. The van der Waals surface area contributed by atoms with E-state index in [-0.39, 0.29) is 22.6 Å². The molecular weight excluding hydrogens is 276 g/mol. The quantitative estimate of drug-likeness (QED) is 0.871. The second-order valence-electron chi connectivity index (χ2n) is 6.41. The third kappa shape index (κ3) is 2.84. The van der Waals surface area contributed by atoms with Crippen LogP contribution in [-0.4, -0.2) is 16.2 Å². The Hall–Kier alpha value is -2.29. The fourth-order valence-electron chi connectivity index (χ4n) is 2.64. The molecule has 0 aliphatic heterocycles. The van der Waals surface area contributed by atoms with Gasteiger partial charge in [0.1, 0.15) is 11.3 Å². The molecule has 0 amide bonds. The minimum Gasteiger partial charge on any atom is -0.507 e. The largest absolute Gasteiger partial charge is 0.507 e. The summed E-state index contributed by atoms with van der Waals surface area (Å²) in [5.41, 5.74) is 2.27. The summed E-state index contributed by atoms with van der Waals surface area (Å²) >= 11 is 0. The van der Waals surface area contributed by atoms with Gasteiger partial charge in [-0.1, -0.05) is 64.1 Å². The Morgan fingerprint density at radius 3 is 2.14 bits per heavy atom. The minimum absolute atomic E-state index is 0.0368. The van der Waals surface area contributed by atoms with E-state index in [0.717, 1.165) is 11.1 Å². The molecule has 0 atom stereocenters. The number of phenols is 1. The first kappa shape index (κ1) is 16.1. The Morgan fingerprint density at radius 2 is 1.64 bits per heavy atom. The average molecular weight is 298 g/mol. The Kier molecular flexibility index (Phi) is 4.27. The van der Waals surface area contributed by atoms with Gasteiger partial charge >= 0.3 is 5.97 Å². The van der Waals surface area contributed by atoms with Crippen molar-refractivity contribution in [2.24, 2.45) is 0 Å². The van der Waals surface area contributed by atoms with E-state index in [1.54, 1.807) is 6.07 Å². The molecule has 0 aliphatic rings. The second-order valence-corrected chi connectivity index (χ2v) is 6.41. The fraction of sp³-hybridized carbons (Fsp3) is 0.316. The molecule has 2 aromatic rings. The van der Waals surface area contributed by atoms with Crippen molar-refractivity contribution < 1.29 is 15.0 Å². The van der Waals surface area contributed by atoms with Crippen molar-refractivity contribution in [3.05, 3.63) is 64.7 Å². The molecule has 0 aromatic heterocycles. The zero-order valence-electron chi connectivity index (χ0n) is 13.4. The van der Waals surface area contributed by atoms with Crippen LogP contribution in [0.2, 0.25) is 0 Å². The van der Waals surface area contributed by atoms with Crippen LogP contribution in [0, 0.1) is 0 Å². The standard InChI is InChI=1S/C19H22O3/c1-12(2)15-10-14(11-16(17(15)20)18(21)22)19(3,4)13-8-6-5-7-9-13/h5-12,20H,1-4H3,(H,21,22). The summed E-state index contributed by atoms with van der Waals surface area (Å²) in [7, 11) is 0. The summed E-state index contributed by atoms with van der Waals surface area (Å²) < 4.78 is 0. The molecule has 0 saturated carbocycles. The van der Waals surface area contributed by atoms with Gasteiger partial charge in [-0.15, -0.1) is 0 Å². The Labute approximate surface area is 131 Å². The first-order valence-corrected chi connectivity index (χ1v) is 7.41. The number of aromatic hydroxyl groups is 1. The van der Waals surface area contributed by atoms with Crippen LogP contribution in [0.15, 0.2) is 42.5 Å². The zero-order chi connectivity index (χ0) is 16.5. The van der Waals surface area contributed by atoms with E-state index in [4.69, 9.17) is 0 Å². The van der Waals surface area contributed by atoms with E-state index < -0.39 is 5.97 Å². The molecule has 2 rings (SSSR count). The van der Waals surface area contributed by atoms with Crippen LogP contribution in [0.25, 0.3) is 0 Å². The third-order valence-electron chi connectivity index (χ3n) is 4.21. The van der Waals surface area contributed by atoms with Crippen LogP contribution in [0.1, 0.15) is 60.7 Å². The van der Waals surface area contributed by atoms with Crippen molar-refractivity contribution in [3.63, 3.8) is 0 Å². The summed E-state index contributed by atoms with van der Waals surface area (Å²) in [6, 6.07) is 13.5. The normalized spacial score (nSPS) is 11.7. The SMILES string of the molecule is CC(C)c1cc(C(C)(C)c2ccccc2)cc(C(=O)O)c1O. The van der Waals surface area contributed by atoms with E-state index in [2.05, 4.69) is 13.8 Å². The molecule has 2 aromatic carbocycles. The minimum atomic E-state index is -1.11. The summed E-state index contributed by atoms with van der Waals surface area (Å²) in [5, 5.41) is 19.6. The van der Waals surface area contributed by atoms with Crippen LogP contribution in [0.3, 0.4) is 0 Å². The predicted octanol–water partition coefficient (Wildman–Crippen LogP) is 4.54. The monoisotopic (exact) mass is 298 g/mol. The maximum atomic E-state index is 11.5. The number of carboxylic acid groups (broad SMARTS) is 1. The highest BCUT2D eigenvalue weighted by molar-refractivity contribution is 5.91. The van der Waals surface area contributed by atoms with Gasteiger partial charge in [0.05, 0.1) is 0 Å². The topological polar surface area (TPSA) is 57.5 Å². The Bertz CT molecular complexity index is 685. The van der Waals surface area contributed by atoms with Crippen LogP contribution in [0.4, 0.5) is 0 Å². The molecule has 3 heteroatoms. The van der Waals surface area contributed by atoms with Crippen LogP contribution in [0.5, 0.6) is 5.75 Å². The highest BCUT2D eigenvalue weighted by atomic mass is 16.4. The van der Waals surface area contributed by atoms with Crippen molar-refractivity contribution in [2.45, 2.75) is 39.0 Å². The fourth-order valence-corrected chi connectivity index (χ4v) is 2.64. The molecule has 0 heterocycles. The van der Waals surface area contributed by atoms with Gasteiger partial charge in [-0.25, -0.2) is 4.79 Å². The second kappa shape index (κ2) is 5.84. The molecule has 2 N–H and O–H groups in total. The van der Waals surface area contributed by atoms with Gasteiger partial charge in [0.15, 0.2) is 0 Å². The average Bonchev–Trinajstić information content (AvgIpc) is 2.47. The van der Waals surface area contributed by atoms with Crippen LogP contribution in [-0.2, 0) is 5.41 Å². The molecule has 3 nitrogen and oxygen atoms in total. The van der Waals surface area contributed by atoms with Crippen LogP contribution >= 0.6 is 0 Å². The van der Waals surface area contributed by atoms with Gasteiger partial charge in [-0.05, 0) is 28.7 Å². The van der Waals surface area contributed by atoms with Gasteiger partial charge in [-0.3, -0.25) is 0 Å². The summed E-state index contributed by atoms with van der Waals surface area (Å²) in [5.74, 6) is -1.19. The first-order chi connectivity index (χ1) is 10.2. The van der Waals surface area contributed by atoms with E-state index in [1.807, 2.05) is 50.2 Å². The molecule has 0 bridgehead atoms. The van der Waals surface area contributed by atoms with Gasteiger partial charge in [0, 0.05) is 5.41 Å². The molecule has 0 aliphatic carbocycles. The number of hydrogen-bond acceptors (Lipinski definition) is 2. The highest BCUT2D eigenvalue weighted by Gasteiger charge is 2.27. The summed E-state index contributed by atoms with van der Waals surface area (Å²) in [6.07, 6.45) is 0.